The first-order chi connectivity index (χ1) is 11.1. The van der Waals surface area contributed by atoms with Crippen LogP contribution in [0.1, 0.15) is 17.3 Å². The molecule has 3 rings (SSSR count). The molecule has 118 valence electrons. The third-order valence-electron chi connectivity index (χ3n) is 3.84. The van der Waals surface area contributed by atoms with Gasteiger partial charge in [-0.05, 0) is 43.3 Å². The molecular formula is C18H18N2O3. The topological polar surface area (TPSA) is 58.6 Å². The number of nitrogens with one attached hydrogen (secondary N) is 1. The van der Waals surface area contributed by atoms with Crippen LogP contribution < -0.4 is 10.1 Å². The molecule has 0 bridgehead atoms. The van der Waals surface area contributed by atoms with Crippen molar-refractivity contribution in [3.8, 4) is 11.5 Å². The highest BCUT2D eigenvalue weighted by atomic mass is 16.5. The van der Waals surface area contributed by atoms with Crippen molar-refractivity contribution in [2.75, 3.05) is 13.1 Å². The van der Waals surface area contributed by atoms with E-state index < -0.39 is 6.04 Å². The molecule has 0 unspecified atom stereocenters. The Morgan fingerprint density at radius 2 is 1.74 bits per heavy atom. The molecule has 2 aromatic carbocycles. The molecule has 1 N–H and O–H groups in total. The van der Waals surface area contributed by atoms with Crippen molar-refractivity contribution in [1.82, 2.24) is 10.2 Å². The van der Waals surface area contributed by atoms with Crippen LogP contribution in [0.4, 0.5) is 0 Å². The number of para-hydroxylation sites is 1. The maximum atomic E-state index is 12.5. The first-order valence-electron chi connectivity index (χ1n) is 7.57. The maximum absolute atomic E-state index is 12.5. The first-order valence-corrected chi connectivity index (χ1v) is 7.57. The summed E-state index contributed by atoms with van der Waals surface area (Å²) in [6, 6.07) is 16.0. The van der Waals surface area contributed by atoms with Crippen LogP contribution in [0, 0.1) is 0 Å². The molecule has 5 heteroatoms. The minimum absolute atomic E-state index is 0.117. The summed E-state index contributed by atoms with van der Waals surface area (Å²) in [5.41, 5.74) is 0.548. The number of nitrogens with zero attached hydrogens (tertiary/aromatic N) is 1. The highest BCUT2D eigenvalue weighted by Gasteiger charge is 2.29. The van der Waals surface area contributed by atoms with Crippen LogP contribution in [-0.4, -0.2) is 35.8 Å². The molecule has 0 radical (unpaired) electrons. The van der Waals surface area contributed by atoms with Gasteiger partial charge in [0.05, 0.1) is 0 Å². The van der Waals surface area contributed by atoms with Gasteiger partial charge < -0.3 is 15.0 Å². The fraction of sp³-hybridized carbons (Fsp3) is 0.222. The number of piperazine rings is 1. The fourth-order valence-electron chi connectivity index (χ4n) is 2.52. The zero-order valence-corrected chi connectivity index (χ0v) is 12.9. The predicted octanol–water partition coefficient (Wildman–Crippen LogP) is 2.44. The van der Waals surface area contributed by atoms with Gasteiger partial charge in [0.15, 0.2) is 0 Å². The van der Waals surface area contributed by atoms with Gasteiger partial charge in [-0.2, -0.15) is 0 Å². The Hall–Kier alpha value is -2.82. The SMILES string of the molecule is C[C@H]1C(=O)NCCN1C(=O)c1ccc(Oc2ccccc2)cc1. The van der Waals surface area contributed by atoms with E-state index in [1.165, 1.54) is 0 Å². The molecule has 1 aliphatic rings. The van der Waals surface area contributed by atoms with Crippen molar-refractivity contribution in [3.05, 3.63) is 60.2 Å². The van der Waals surface area contributed by atoms with Crippen molar-refractivity contribution < 1.29 is 14.3 Å². The summed E-state index contributed by atoms with van der Waals surface area (Å²) in [5.74, 6) is 1.15. The molecule has 2 aromatic rings. The van der Waals surface area contributed by atoms with Gasteiger partial charge >= 0.3 is 0 Å². The lowest BCUT2D eigenvalue weighted by Crippen LogP contribution is -2.55. The van der Waals surface area contributed by atoms with Crippen molar-refractivity contribution in [2.24, 2.45) is 0 Å². The quantitative estimate of drug-likeness (QED) is 0.947. The molecule has 2 amide bonds. The van der Waals surface area contributed by atoms with Gasteiger partial charge in [-0.3, -0.25) is 9.59 Å². The van der Waals surface area contributed by atoms with Gasteiger partial charge in [-0.1, -0.05) is 18.2 Å². The van der Waals surface area contributed by atoms with Crippen LogP contribution in [-0.2, 0) is 4.79 Å². The highest BCUT2D eigenvalue weighted by molar-refractivity contribution is 5.98. The number of carbonyl (C=O) groups excluding carboxylic acids is 2. The average Bonchev–Trinajstić information content (AvgIpc) is 2.58. The van der Waals surface area contributed by atoms with Crippen molar-refractivity contribution in [1.29, 1.82) is 0 Å². The van der Waals surface area contributed by atoms with Gasteiger partial charge in [0, 0.05) is 18.7 Å². The molecule has 1 aliphatic heterocycles. The van der Waals surface area contributed by atoms with E-state index in [1.807, 2.05) is 30.3 Å². The van der Waals surface area contributed by atoms with Gasteiger partial charge in [-0.15, -0.1) is 0 Å². The van der Waals surface area contributed by atoms with Crippen molar-refractivity contribution in [3.63, 3.8) is 0 Å². The van der Waals surface area contributed by atoms with Crippen molar-refractivity contribution >= 4 is 11.8 Å². The lowest BCUT2D eigenvalue weighted by molar-refractivity contribution is -0.127. The normalized spacial score (nSPS) is 17.5. The zero-order chi connectivity index (χ0) is 16.2. The molecule has 0 spiro atoms. The second-order valence-electron chi connectivity index (χ2n) is 5.41. The molecule has 1 heterocycles. The van der Waals surface area contributed by atoms with Gasteiger partial charge in [0.25, 0.3) is 5.91 Å². The van der Waals surface area contributed by atoms with Crippen LogP contribution in [0.3, 0.4) is 0 Å². The van der Waals surface area contributed by atoms with Gasteiger partial charge in [0.1, 0.15) is 17.5 Å². The molecule has 1 atom stereocenters. The highest BCUT2D eigenvalue weighted by Crippen LogP contribution is 2.22. The Morgan fingerprint density at radius 3 is 2.43 bits per heavy atom. The smallest absolute Gasteiger partial charge is 0.254 e. The van der Waals surface area contributed by atoms with E-state index in [0.717, 1.165) is 5.75 Å². The first kappa shape index (κ1) is 15.1. The van der Waals surface area contributed by atoms with Crippen LogP contribution >= 0.6 is 0 Å². The number of hydrogen-bond donors (Lipinski definition) is 1. The van der Waals surface area contributed by atoms with E-state index in [2.05, 4.69) is 5.32 Å². The Balaban J connectivity index is 1.71. The summed E-state index contributed by atoms with van der Waals surface area (Å²) in [5, 5.41) is 2.75. The Kier molecular flexibility index (Phi) is 4.28. The molecule has 23 heavy (non-hydrogen) atoms. The second-order valence-corrected chi connectivity index (χ2v) is 5.41. The lowest BCUT2D eigenvalue weighted by atomic mass is 10.1. The number of carbonyl (C=O) groups is 2. The average molecular weight is 310 g/mol. The number of amides is 2. The molecule has 0 saturated carbocycles. The fourth-order valence-corrected chi connectivity index (χ4v) is 2.52. The Morgan fingerprint density at radius 1 is 1.09 bits per heavy atom. The van der Waals surface area contributed by atoms with E-state index in [0.29, 0.717) is 24.4 Å². The summed E-state index contributed by atoms with van der Waals surface area (Å²) < 4.78 is 5.71. The van der Waals surface area contributed by atoms with E-state index >= 15 is 0 Å². The number of ether oxygens (including phenoxy) is 1. The van der Waals surface area contributed by atoms with E-state index in [-0.39, 0.29) is 11.8 Å². The maximum Gasteiger partial charge on any atom is 0.254 e. The minimum atomic E-state index is -0.448. The van der Waals surface area contributed by atoms with Crippen molar-refractivity contribution in [2.45, 2.75) is 13.0 Å². The third-order valence-corrected chi connectivity index (χ3v) is 3.84. The van der Waals surface area contributed by atoms with Gasteiger partial charge in [-0.25, -0.2) is 0 Å². The van der Waals surface area contributed by atoms with Crippen LogP contribution in [0.25, 0.3) is 0 Å². The molecule has 0 aromatic heterocycles. The predicted molar refractivity (Wildman–Crippen MR) is 86.5 cm³/mol. The molecular weight excluding hydrogens is 292 g/mol. The van der Waals surface area contributed by atoms with E-state index in [1.54, 1.807) is 36.1 Å². The Labute approximate surface area is 134 Å². The summed E-state index contributed by atoms with van der Waals surface area (Å²) in [4.78, 5) is 25.8. The zero-order valence-electron chi connectivity index (χ0n) is 12.9. The molecule has 1 fully saturated rings. The van der Waals surface area contributed by atoms with E-state index in [4.69, 9.17) is 4.74 Å². The summed E-state index contributed by atoms with van der Waals surface area (Å²) in [7, 11) is 0. The van der Waals surface area contributed by atoms with Crippen LogP contribution in [0.15, 0.2) is 54.6 Å². The van der Waals surface area contributed by atoms with E-state index in [9.17, 15) is 9.59 Å². The lowest BCUT2D eigenvalue weighted by Gasteiger charge is -2.32. The monoisotopic (exact) mass is 310 g/mol. The van der Waals surface area contributed by atoms with Gasteiger partial charge in [0.2, 0.25) is 5.91 Å². The van der Waals surface area contributed by atoms with Crippen LogP contribution in [0.2, 0.25) is 0 Å². The molecule has 0 aliphatic carbocycles. The minimum Gasteiger partial charge on any atom is -0.457 e. The summed E-state index contributed by atoms with van der Waals surface area (Å²) in [6.45, 7) is 2.75. The number of hydrogen-bond acceptors (Lipinski definition) is 3. The summed E-state index contributed by atoms with van der Waals surface area (Å²) in [6.07, 6.45) is 0. The standard InChI is InChI=1S/C18H18N2O3/c1-13-17(21)19-11-12-20(13)18(22)14-7-9-16(10-8-14)23-15-5-3-2-4-6-15/h2-10,13H,11-12H2,1H3,(H,19,21)/t13-/m0/s1. The number of benzene rings is 2. The largest absolute Gasteiger partial charge is 0.457 e. The Bertz CT molecular complexity index is 698. The summed E-state index contributed by atoms with van der Waals surface area (Å²) >= 11 is 0. The third kappa shape index (κ3) is 3.34. The second kappa shape index (κ2) is 6.52. The molecule has 5 nitrogen and oxygen atoms in total. The van der Waals surface area contributed by atoms with Crippen LogP contribution in [0.5, 0.6) is 11.5 Å². The number of rotatable bonds is 3. The molecule has 1 saturated heterocycles.